The Balaban J connectivity index is 2.29. The molecule has 1 heterocycles. The van der Waals surface area contributed by atoms with Crippen LogP contribution in [0.4, 0.5) is 0 Å². The van der Waals surface area contributed by atoms with E-state index in [2.05, 4.69) is 24.0 Å². The summed E-state index contributed by atoms with van der Waals surface area (Å²) in [6.45, 7) is 10.3. The molecule has 1 aromatic rings. The van der Waals surface area contributed by atoms with E-state index in [1.54, 1.807) is 0 Å². The first-order valence-corrected chi connectivity index (χ1v) is 8.32. The average molecular weight is 303 g/mol. The van der Waals surface area contributed by atoms with Crippen LogP contribution in [0.15, 0.2) is 30.3 Å². The van der Waals surface area contributed by atoms with Crippen LogP contribution in [0.25, 0.3) is 0 Å². The van der Waals surface area contributed by atoms with E-state index in [4.69, 9.17) is 5.73 Å². The fourth-order valence-electron chi connectivity index (χ4n) is 3.30. The molecule has 0 aliphatic carbocycles. The smallest absolute Gasteiger partial charge is 0.244 e. The largest absolute Gasteiger partial charge is 0.342 e. The molecule has 1 aromatic carbocycles. The first-order chi connectivity index (χ1) is 10.5. The van der Waals surface area contributed by atoms with E-state index in [0.29, 0.717) is 6.54 Å². The second-order valence-corrected chi connectivity index (χ2v) is 6.56. The number of carbonyl (C=O) groups is 1. The predicted octanol–water partition coefficient (Wildman–Crippen LogP) is 2.27. The Morgan fingerprint density at radius 1 is 1.32 bits per heavy atom. The molecule has 1 fully saturated rings. The number of rotatable bonds is 6. The Hall–Kier alpha value is -1.39. The van der Waals surface area contributed by atoms with Crippen LogP contribution >= 0.6 is 0 Å². The van der Waals surface area contributed by atoms with E-state index in [9.17, 15) is 4.79 Å². The summed E-state index contributed by atoms with van der Waals surface area (Å²) < 4.78 is 0. The zero-order valence-electron chi connectivity index (χ0n) is 14.1. The quantitative estimate of drug-likeness (QED) is 0.877. The summed E-state index contributed by atoms with van der Waals surface area (Å²) >= 11 is 0. The van der Waals surface area contributed by atoms with Crippen molar-refractivity contribution in [3.05, 3.63) is 35.9 Å². The van der Waals surface area contributed by atoms with Gasteiger partial charge < -0.3 is 10.6 Å². The number of carbonyl (C=O) groups excluding carboxylic acids is 1. The second-order valence-electron chi connectivity index (χ2n) is 6.56. The van der Waals surface area contributed by atoms with Crippen molar-refractivity contribution in [3.8, 4) is 0 Å². The zero-order chi connectivity index (χ0) is 16.2. The van der Waals surface area contributed by atoms with E-state index in [1.165, 1.54) is 0 Å². The predicted molar refractivity (Wildman–Crippen MR) is 90.5 cm³/mol. The maximum absolute atomic E-state index is 13.0. The molecule has 1 aliphatic rings. The van der Waals surface area contributed by atoms with E-state index in [-0.39, 0.29) is 17.4 Å². The van der Waals surface area contributed by atoms with Gasteiger partial charge in [0.2, 0.25) is 5.91 Å². The van der Waals surface area contributed by atoms with Crippen LogP contribution in [-0.2, 0) is 4.79 Å². The molecule has 2 rings (SSSR count). The van der Waals surface area contributed by atoms with Gasteiger partial charge in [0, 0.05) is 19.6 Å². The van der Waals surface area contributed by atoms with Gasteiger partial charge in [-0.1, -0.05) is 37.3 Å². The number of amides is 1. The minimum absolute atomic E-state index is 0.122. The fraction of sp³-hybridized carbons (Fsp3) is 0.611. The summed E-state index contributed by atoms with van der Waals surface area (Å²) in [6, 6.07) is 9.95. The van der Waals surface area contributed by atoms with E-state index in [1.807, 2.05) is 36.9 Å². The van der Waals surface area contributed by atoms with Crippen LogP contribution in [0.5, 0.6) is 0 Å². The highest BCUT2D eigenvalue weighted by molar-refractivity contribution is 5.83. The van der Waals surface area contributed by atoms with Gasteiger partial charge in [0.25, 0.3) is 0 Å². The van der Waals surface area contributed by atoms with Gasteiger partial charge in [-0.25, -0.2) is 0 Å². The van der Waals surface area contributed by atoms with Crippen molar-refractivity contribution in [2.24, 2.45) is 11.1 Å². The zero-order valence-corrected chi connectivity index (χ0v) is 14.1. The Bertz CT molecular complexity index is 486. The molecule has 4 heteroatoms. The van der Waals surface area contributed by atoms with Crippen LogP contribution in [0, 0.1) is 5.41 Å². The maximum Gasteiger partial charge on any atom is 0.244 e. The lowest BCUT2D eigenvalue weighted by atomic mass is 9.90. The van der Waals surface area contributed by atoms with Crippen molar-refractivity contribution in [3.63, 3.8) is 0 Å². The van der Waals surface area contributed by atoms with Gasteiger partial charge in [0.1, 0.15) is 6.04 Å². The molecule has 0 bridgehead atoms. The molecule has 1 amide bonds. The molecule has 1 saturated heterocycles. The summed E-state index contributed by atoms with van der Waals surface area (Å²) in [5.41, 5.74) is 7.14. The fourth-order valence-corrected chi connectivity index (χ4v) is 3.30. The van der Waals surface area contributed by atoms with Gasteiger partial charge in [-0.15, -0.1) is 0 Å². The third kappa shape index (κ3) is 3.50. The lowest BCUT2D eigenvalue weighted by molar-refractivity contribution is -0.136. The highest BCUT2D eigenvalue weighted by Crippen LogP contribution is 2.35. The summed E-state index contributed by atoms with van der Waals surface area (Å²) in [5, 5.41) is 0. The highest BCUT2D eigenvalue weighted by atomic mass is 16.2. The molecule has 0 aromatic heterocycles. The van der Waals surface area contributed by atoms with Crippen LogP contribution in [0.1, 0.15) is 38.8 Å². The summed E-state index contributed by atoms with van der Waals surface area (Å²) in [5.74, 6) is 0.206. The normalized spacial score (nSPS) is 23.5. The lowest BCUT2D eigenvalue weighted by Gasteiger charge is -2.33. The standard InChI is InChI=1S/C18H29N3O/c1-4-20(5-2)17(22)16(15-9-7-6-8-10-15)21-12-11-18(3,13-19)14-21/h6-10,16H,4-5,11-14,19H2,1-3H3. The molecule has 2 N–H and O–H groups in total. The number of hydrogen-bond donors (Lipinski definition) is 1. The maximum atomic E-state index is 13.0. The molecular formula is C18H29N3O. The van der Waals surface area contributed by atoms with Crippen molar-refractivity contribution in [2.45, 2.75) is 33.2 Å². The van der Waals surface area contributed by atoms with Gasteiger partial charge >= 0.3 is 0 Å². The molecule has 0 saturated carbocycles. The van der Waals surface area contributed by atoms with E-state index in [0.717, 1.165) is 38.2 Å². The first-order valence-electron chi connectivity index (χ1n) is 8.32. The van der Waals surface area contributed by atoms with Crippen LogP contribution < -0.4 is 5.73 Å². The third-order valence-corrected chi connectivity index (χ3v) is 4.87. The Labute approximate surface area is 134 Å². The molecule has 0 radical (unpaired) electrons. The molecule has 22 heavy (non-hydrogen) atoms. The van der Waals surface area contributed by atoms with E-state index >= 15 is 0 Å². The SMILES string of the molecule is CCN(CC)C(=O)C(c1ccccc1)N1CCC(C)(CN)C1. The molecule has 2 unspecified atom stereocenters. The lowest BCUT2D eigenvalue weighted by Crippen LogP contribution is -2.43. The number of likely N-dealkylation sites (N-methyl/N-ethyl adjacent to an activating group) is 1. The van der Waals surface area contributed by atoms with Crippen LogP contribution in [-0.4, -0.2) is 48.4 Å². The summed E-state index contributed by atoms with van der Waals surface area (Å²) in [4.78, 5) is 17.3. The van der Waals surface area contributed by atoms with Crippen molar-refractivity contribution >= 4 is 5.91 Å². The Kier molecular flexibility index (Phi) is 5.59. The van der Waals surface area contributed by atoms with Crippen molar-refractivity contribution in [1.82, 2.24) is 9.80 Å². The molecule has 4 nitrogen and oxygen atoms in total. The molecule has 1 aliphatic heterocycles. The monoisotopic (exact) mass is 303 g/mol. The third-order valence-electron chi connectivity index (χ3n) is 4.87. The van der Waals surface area contributed by atoms with Crippen LogP contribution in [0.3, 0.4) is 0 Å². The molecule has 122 valence electrons. The van der Waals surface area contributed by atoms with Crippen LogP contribution in [0.2, 0.25) is 0 Å². The number of nitrogens with two attached hydrogens (primary N) is 1. The molecule has 2 atom stereocenters. The first kappa shape index (κ1) is 17.0. The number of nitrogens with zero attached hydrogens (tertiary/aromatic N) is 2. The summed E-state index contributed by atoms with van der Waals surface area (Å²) in [7, 11) is 0. The molecule has 0 spiro atoms. The van der Waals surface area contributed by atoms with E-state index < -0.39 is 0 Å². The minimum atomic E-state index is -0.186. The number of hydrogen-bond acceptors (Lipinski definition) is 3. The van der Waals surface area contributed by atoms with Crippen molar-refractivity contribution in [2.75, 3.05) is 32.7 Å². The number of benzene rings is 1. The molecular weight excluding hydrogens is 274 g/mol. The van der Waals surface area contributed by atoms with Gasteiger partial charge in [-0.2, -0.15) is 0 Å². The van der Waals surface area contributed by atoms with Gasteiger partial charge in [0.15, 0.2) is 0 Å². The van der Waals surface area contributed by atoms with Crippen molar-refractivity contribution < 1.29 is 4.79 Å². The Morgan fingerprint density at radius 3 is 2.45 bits per heavy atom. The van der Waals surface area contributed by atoms with Crippen molar-refractivity contribution in [1.29, 1.82) is 0 Å². The Morgan fingerprint density at radius 2 is 1.95 bits per heavy atom. The minimum Gasteiger partial charge on any atom is -0.342 e. The van der Waals surface area contributed by atoms with Gasteiger partial charge in [-0.3, -0.25) is 9.69 Å². The topological polar surface area (TPSA) is 49.6 Å². The average Bonchev–Trinajstić information content (AvgIpc) is 2.93. The van der Waals surface area contributed by atoms with Gasteiger partial charge in [0.05, 0.1) is 0 Å². The number of likely N-dealkylation sites (tertiary alicyclic amines) is 1. The summed E-state index contributed by atoms with van der Waals surface area (Å²) in [6.07, 6.45) is 1.05. The highest BCUT2D eigenvalue weighted by Gasteiger charge is 2.39. The van der Waals surface area contributed by atoms with Gasteiger partial charge in [-0.05, 0) is 44.3 Å². The second kappa shape index (κ2) is 7.25.